The van der Waals surface area contributed by atoms with E-state index in [1.807, 2.05) is 11.9 Å². The summed E-state index contributed by atoms with van der Waals surface area (Å²) in [4.78, 5) is 23.1. The van der Waals surface area contributed by atoms with Gasteiger partial charge in [0, 0.05) is 24.7 Å². The first-order valence-electron chi connectivity index (χ1n) is 6.05. The molecule has 1 saturated heterocycles. The Labute approximate surface area is 114 Å². The topological polar surface area (TPSA) is 95.7 Å². The van der Waals surface area contributed by atoms with Gasteiger partial charge in [-0.25, -0.2) is 9.18 Å². The summed E-state index contributed by atoms with van der Waals surface area (Å²) in [5.74, 6) is -2.52. The SMILES string of the molecule is CN1CCC(Nc2cc(F)c(C(=O)O)cc2[N+](=O)[O-])C1. The number of carboxylic acids is 1. The first-order chi connectivity index (χ1) is 9.38. The Morgan fingerprint density at radius 3 is 2.80 bits per heavy atom. The van der Waals surface area contributed by atoms with E-state index in [4.69, 9.17) is 5.11 Å². The summed E-state index contributed by atoms with van der Waals surface area (Å²) in [6.07, 6.45) is 0.788. The molecule has 1 heterocycles. The highest BCUT2D eigenvalue weighted by molar-refractivity contribution is 5.90. The fourth-order valence-electron chi connectivity index (χ4n) is 2.27. The zero-order valence-corrected chi connectivity index (χ0v) is 10.8. The fraction of sp³-hybridized carbons (Fsp3) is 0.417. The lowest BCUT2D eigenvalue weighted by molar-refractivity contribution is -0.384. The van der Waals surface area contributed by atoms with E-state index in [0.29, 0.717) is 6.54 Å². The number of carbonyl (C=O) groups is 1. The van der Waals surface area contributed by atoms with E-state index in [0.717, 1.165) is 25.1 Å². The third-order valence-electron chi connectivity index (χ3n) is 3.26. The molecule has 108 valence electrons. The van der Waals surface area contributed by atoms with Gasteiger partial charge in [0.25, 0.3) is 5.69 Å². The summed E-state index contributed by atoms with van der Waals surface area (Å²) in [5.41, 5.74) is -1.12. The van der Waals surface area contributed by atoms with E-state index >= 15 is 0 Å². The minimum atomic E-state index is -1.53. The van der Waals surface area contributed by atoms with Crippen LogP contribution in [0.4, 0.5) is 15.8 Å². The molecule has 0 amide bonds. The lowest BCUT2D eigenvalue weighted by atomic mass is 10.1. The van der Waals surface area contributed by atoms with Gasteiger partial charge in [-0.3, -0.25) is 10.1 Å². The molecule has 1 atom stereocenters. The molecule has 1 unspecified atom stereocenters. The van der Waals surface area contributed by atoms with Crippen LogP contribution in [-0.2, 0) is 0 Å². The maximum absolute atomic E-state index is 13.6. The van der Waals surface area contributed by atoms with Gasteiger partial charge in [-0.2, -0.15) is 0 Å². The molecule has 1 aromatic rings. The number of nitrogens with one attached hydrogen (secondary N) is 1. The molecule has 0 radical (unpaired) electrons. The summed E-state index contributed by atoms with van der Waals surface area (Å²) in [5, 5.41) is 22.7. The number of hydrogen-bond acceptors (Lipinski definition) is 5. The van der Waals surface area contributed by atoms with Crippen molar-refractivity contribution >= 4 is 17.3 Å². The summed E-state index contributed by atoms with van der Waals surface area (Å²) in [7, 11) is 1.92. The van der Waals surface area contributed by atoms with E-state index in [9.17, 15) is 19.3 Å². The molecule has 1 fully saturated rings. The average Bonchev–Trinajstić information content (AvgIpc) is 2.74. The standard InChI is InChI=1S/C12H14FN3O4/c1-15-3-2-7(6-15)14-10-5-9(13)8(12(17)18)4-11(10)16(19)20/h4-5,7,14H,2-3,6H2,1H3,(H,17,18). The molecule has 0 spiro atoms. The molecule has 0 bridgehead atoms. The van der Waals surface area contributed by atoms with Crippen molar-refractivity contribution in [2.45, 2.75) is 12.5 Å². The lowest BCUT2D eigenvalue weighted by Crippen LogP contribution is -2.24. The number of rotatable bonds is 4. The second kappa shape index (κ2) is 5.41. The smallest absolute Gasteiger partial charge is 0.338 e. The minimum absolute atomic E-state index is 0.0119. The summed E-state index contributed by atoms with van der Waals surface area (Å²) in [6.45, 7) is 1.54. The number of carboxylic acid groups (broad SMARTS) is 1. The molecule has 0 saturated carbocycles. The Balaban J connectivity index is 2.34. The Morgan fingerprint density at radius 2 is 2.30 bits per heavy atom. The third-order valence-corrected chi connectivity index (χ3v) is 3.26. The van der Waals surface area contributed by atoms with Crippen molar-refractivity contribution in [3.8, 4) is 0 Å². The number of nitro benzene ring substituents is 1. The number of likely N-dealkylation sites (N-methyl/N-ethyl adjacent to an activating group) is 1. The van der Waals surface area contributed by atoms with E-state index in [1.165, 1.54) is 0 Å². The van der Waals surface area contributed by atoms with Crippen LogP contribution in [0.2, 0.25) is 0 Å². The number of anilines is 1. The lowest BCUT2D eigenvalue weighted by Gasteiger charge is -2.14. The zero-order valence-electron chi connectivity index (χ0n) is 10.8. The normalized spacial score (nSPS) is 19.0. The van der Waals surface area contributed by atoms with E-state index in [-0.39, 0.29) is 11.7 Å². The van der Waals surface area contributed by atoms with E-state index < -0.39 is 28.0 Å². The summed E-state index contributed by atoms with van der Waals surface area (Å²) < 4.78 is 13.6. The van der Waals surface area contributed by atoms with Crippen molar-refractivity contribution < 1.29 is 19.2 Å². The number of halogens is 1. The number of hydrogen-bond donors (Lipinski definition) is 2. The van der Waals surface area contributed by atoms with Crippen LogP contribution in [0.1, 0.15) is 16.8 Å². The molecule has 8 heteroatoms. The van der Waals surface area contributed by atoms with Crippen molar-refractivity contribution in [1.29, 1.82) is 0 Å². The molecule has 0 aliphatic carbocycles. The predicted octanol–water partition coefficient (Wildman–Crippen LogP) is 1.55. The highest BCUT2D eigenvalue weighted by Gasteiger charge is 2.25. The van der Waals surface area contributed by atoms with Crippen molar-refractivity contribution in [3.05, 3.63) is 33.6 Å². The maximum atomic E-state index is 13.6. The molecular formula is C12H14FN3O4. The van der Waals surface area contributed by atoms with Crippen molar-refractivity contribution in [2.75, 3.05) is 25.5 Å². The summed E-state index contributed by atoms with van der Waals surface area (Å²) >= 11 is 0. The molecule has 2 N–H and O–H groups in total. The van der Waals surface area contributed by atoms with Gasteiger partial charge >= 0.3 is 5.97 Å². The molecule has 20 heavy (non-hydrogen) atoms. The Hall–Kier alpha value is -2.22. The van der Waals surface area contributed by atoms with Crippen LogP contribution >= 0.6 is 0 Å². The van der Waals surface area contributed by atoms with Gasteiger partial charge in [-0.05, 0) is 20.0 Å². The fourth-order valence-corrected chi connectivity index (χ4v) is 2.27. The number of aromatic carboxylic acids is 1. The first kappa shape index (κ1) is 14.2. The van der Waals surface area contributed by atoms with Gasteiger partial charge in [-0.15, -0.1) is 0 Å². The van der Waals surface area contributed by atoms with Crippen molar-refractivity contribution in [2.24, 2.45) is 0 Å². The molecule has 7 nitrogen and oxygen atoms in total. The van der Waals surface area contributed by atoms with Gasteiger partial charge < -0.3 is 15.3 Å². The van der Waals surface area contributed by atoms with Crippen LogP contribution < -0.4 is 5.32 Å². The van der Waals surface area contributed by atoms with Crippen molar-refractivity contribution in [3.63, 3.8) is 0 Å². The predicted molar refractivity (Wildman–Crippen MR) is 69.5 cm³/mol. The van der Waals surface area contributed by atoms with Gasteiger partial charge in [0.2, 0.25) is 0 Å². The maximum Gasteiger partial charge on any atom is 0.338 e. The Morgan fingerprint density at radius 1 is 1.60 bits per heavy atom. The zero-order chi connectivity index (χ0) is 14.9. The van der Waals surface area contributed by atoms with Gasteiger partial charge in [0.15, 0.2) is 0 Å². The largest absolute Gasteiger partial charge is 0.478 e. The van der Waals surface area contributed by atoms with Gasteiger partial charge in [0.05, 0.1) is 4.92 Å². The van der Waals surface area contributed by atoms with Crippen LogP contribution in [0, 0.1) is 15.9 Å². The Kier molecular flexibility index (Phi) is 3.84. The third kappa shape index (κ3) is 2.85. The second-order valence-corrected chi connectivity index (χ2v) is 4.80. The number of likely N-dealkylation sites (tertiary alicyclic amines) is 1. The molecule has 2 rings (SSSR count). The highest BCUT2D eigenvalue weighted by atomic mass is 19.1. The van der Waals surface area contributed by atoms with Gasteiger partial charge in [0.1, 0.15) is 17.1 Å². The number of nitro groups is 1. The van der Waals surface area contributed by atoms with Crippen LogP contribution in [0.25, 0.3) is 0 Å². The number of benzene rings is 1. The summed E-state index contributed by atoms with van der Waals surface area (Å²) in [6, 6.07) is 1.60. The quantitative estimate of drug-likeness (QED) is 0.643. The molecule has 1 aliphatic heterocycles. The molecule has 1 aromatic carbocycles. The van der Waals surface area contributed by atoms with Crippen LogP contribution in [0.5, 0.6) is 0 Å². The van der Waals surface area contributed by atoms with Crippen molar-refractivity contribution in [1.82, 2.24) is 4.90 Å². The van der Waals surface area contributed by atoms with Crippen LogP contribution in [-0.4, -0.2) is 47.1 Å². The van der Waals surface area contributed by atoms with Crippen LogP contribution in [0.3, 0.4) is 0 Å². The van der Waals surface area contributed by atoms with E-state index in [2.05, 4.69) is 5.32 Å². The van der Waals surface area contributed by atoms with Crippen LogP contribution in [0.15, 0.2) is 12.1 Å². The molecule has 1 aliphatic rings. The average molecular weight is 283 g/mol. The monoisotopic (exact) mass is 283 g/mol. The van der Waals surface area contributed by atoms with Gasteiger partial charge in [-0.1, -0.05) is 0 Å². The van der Waals surface area contributed by atoms with E-state index in [1.54, 1.807) is 0 Å². The molecule has 0 aromatic heterocycles. The molecular weight excluding hydrogens is 269 g/mol. The second-order valence-electron chi connectivity index (χ2n) is 4.80. The first-order valence-corrected chi connectivity index (χ1v) is 6.05. The highest BCUT2D eigenvalue weighted by Crippen LogP contribution is 2.29. The Bertz CT molecular complexity index is 564. The minimum Gasteiger partial charge on any atom is -0.478 e. The number of nitrogens with zero attached hydrogens (tertiary/aromatic N) is 2.